The zero-order chi connectivity index (χ0) is 38.9. The van der Waals surface area contributed by atoms with Gasteiger partial charge >= 0.3 is 0 Å². The summed E-state index contributed by atoms with van der Waals surface area (Å²) in [5.74, 6) is 0. The molecule has 0 heterocycles. The Morgan fingerprint density at radius 2 is 0.621 bits per heavy atom. The largest absolute Gasteiger partial charge is 0.0619 e. The molecule has 274 valence electrons. The molecular formula is C58H42. The van der Waals surface area contributed by atoms with E-state index in [-0.39, 0.29) is 10.8 Å². The van der Waals surface area contributed by atoms with Crippen LogP contribution in [0.5, 0.6) is 0 Å². The molecule has 0 amide bonds. The Bertz CT molecular complexity index is 3110. The van der Waals surface area contributed by atoms with Crippen LogP contribution in [0.3, 0.4) is 0 Å². The van der Waals surface area contributed by atoms with Crippen LogP contribution in [-0.2, 0) is 10.8 Å². The summed E-state index contributed by atoms with van der Waals surface area (Å²) in [4.78, 5) is 0. The molecule has 10 aromatic carbocycles. The molecule has 2 aliphatic carbocycles. The van der Waals surface area contributed by atoms with Gasteiger partial charge in [-0.05, 0) is 133 Å². The van der Waals surface area contributed by atoms with Crippen molar-refractivity contribution in [3.8, 4) is 66.8 Å². The third-order valence-electron chi connectivity index (χ3n) is 13.8. The molecule has 0 aliphatic heterocycles. The van der Waals surface area contributed by atoms with Crippen LogP contribution in [0.2, 0.25) is 0 Å². The maximum atomic E-state index is 2.41. The zero-order valence-electron chi connectivity index (χ0n) is 33.3. The van der Waals surface area contributed by atoms with Crippen LogP contribution in [0.15, 0.2) is 182 Å². The zero-order valence-corrected chi connectivity index (χ0v) is 33.3. The van der Waals surface area contributed by atoms with E-state index < -0.39 is 0 Å². The van der Waals surface area contributed by atoms with Crippen LogP contribution >= 0.6 is 0 Å². The van der Waals surface area contributed by atoms with Crippen LogP contribution in [-0.4, -0.2) is 0 Å². The lowest BCUT2D eigenvalue weighted by molar-refractivity contribution is 0.662. The Hall–Kier alpha value is -6.76. The summed E-state index contributed by atoms with van der Waals surface area (Å²) in [7, 11) is 0. The molecule has 0 saturated carbocycles. The Morgan fingerprint density at radius 3 is 1.07 bits per heavy atom. The predicted molar refractivity (Wildman–Crippen MR) is 247 cm³/mol. The smallest absolute Gasteiger partial charge is 0.0165 e. The van der Waals surface area contributed by atoms with Crippen LogP contribution < -0.4 is 0 Å². The van der Waals surface area contributed by atoms with Crippen molar-refractivity contribution >= 4 is 32.3 Å². The molecule has 0 N–H and O–H groups in total. The standard InChI is InChI=1S/C58H42/c1-57(2)51-23-7-5-17-45(51)49-21-11-19-43(55(49)57)39-15-9-13-37(33-39)41-29-25-35-28-32-48-42(30-26-36-27-31-47(41)53(35)54(36)48)38-14-10-16-40(34-38)44-20-12-22-50-46-18-6-8-24-52(46)58(3,4)56(44)50/h5-34H,1-4H3. The fourth-order valence-electron chi connectivity index (χ4n) is 11.2. The van der Waals surface area contributed by atoms with Crippen molar-refractivity contribution in [2.24, 2.45) is 0 Å². The molecule has 0 atom stereocenters. The van der Waals surface area contributed by atoms with Crippen molar-refractivity contribution in [3.63, 3.8) is 0 Å². The average Bonchev–Trinajstić information content (AvgIpc) is 3.65. The minimum absolute atomic E-state index is 0.0771. The van der Waals surface area contributed by atoms with E-state index in [2.05, 4.69) is 210 Å². The maximum Gasteiger partial charge on any atom is 0.0165 e. The maximum absolute atomic E-state index is 2.41. The van der Waals surface area contributed by atoms with Gasteiger partial charge in [-0.3, -0.25) is 0 Å². The normalized spacial score (nSPS) is 14.5. The van der Waals surface area contributed by atoms with Crippen molar-refractivity contribution < 1.29 is 0 Å². The highest BCUT2D eigenvalue weighted by atomic mass is 14.4. The molecule has 12 rings (SSSR count). The molecule has 0 radical (unpaired) electrons. The van der Waals surface area contributed by atoms with Gasteiger partial charge in [-0.1, -0.05) is 198 Å². The molecule has 0 spiro atoms. The van der Waals surface area contributed by atoms with Gasteiger partial charge in [-0.2, -0.15) is 0 Å². The monoisotopic (exact) mass is 738 g/mol. The van der Waals surface area contributed by atoms with Crippen molar-refractivity contribution in [1.82, 2.24) is 0 Å². The van der Waals surface area contributed by atoms with E-state index in [1.54, 1.807) is 0 Å². The van der Waals surface area contributed by atoms with Gasteiger partial charge in [0.1, 0.15) is 0 Å². The van der Waals surface area contributed by atoms with Crippen molar-refractivity contribution in [3.05, 3.63) is 204 Å². The molecule has 10 aromatic rings. The summed E-state index contributed by atoms with van der Waals surface area (Å²) in [5, 5.41) is 7.83. The summed E-state index contributed by atoms with van der Waals surface area (Å²) < 4.78 is 0. The van der Waals surface area contributed by atoms with E-state index in [0.717, 1.165) is 0 Å². The van der Waals surface area contributed by atoms with Crippen LogP contribution in [0.1, 0.15) is 49.9 Å². The third kappa shape index (κ3) is 4.52. The minimum atomic E-state index is -0.0771. The number of rotatable bonds is 4. The van der Waals surface area contributed by atoms with E-state index >= 15 is 0 Å². The Kier molecular flexibility index (Phi) is 6.84. The lowest BCUT2D eigenvalue weighted by Gasteiger charge is -2.25. The van der Waals surface area contributed by atoms with Gasteiger partial charge < -0.3 is 0 Å². The minimum Gasteiger partial charge on any atom is -0.0619 e. The van der Waals surface area contributed by atoms with Crippen molar-refractivity contribution in [2.75, 3.05) is 0 Å². The van der Waals surface area contributed by atoms with Gasteiger partial charge in [-0.25, -0.2) is 0 Å². The lowest BCUT2D eigenvalue weighted by Crippen LogP contribution is -2.16. The van der Waals surface area contributed by atoms with Crippen molar-refractivity contribution in [1.29, 1.82) is 0 Å². The second-order valence-corrected chi connectivity index (χ2v) is 17.6. The number of hydrogen-bond acceptors (Lipinski definition) is 0. The quantitative estimate of drug-likeness (QED) is 0.158. The third-order valence-corrected chi connectivity index (χ3v) is 13.8. The topological polar surface area (TPSA) is 0 Å². The van der Waals surface area contributed by atoms with Crippen LogP contribution in [0, 0.1) is 0 Å². The summed E-state index contributed by atoms with van der Waals surface area (Å²) in [6, 6.07) is 68.7. The number of benzene rings is 10. The van der Waals surface area contributed by atoms with E-state index in [1.807, 2.05) is 0 Å². The van der Waals surface area contributed by atoms with E-state index in [1.165, 1.54) is 121 Å². The second-order valence-electron chi connectivity index (χ2n) is 17.6. The van der Waals surface area contributed by atoms with Gasteiger partial charge in [0.25, 0.3) is 0 Å². The fraction of sp³-hybridized carbons (Fsp3) is 0.103. The lowest BCUT2D eigenvalue weighted by atomic mass is 9.78. The summed E-state index contributed by atoms with van der Waals surface area (Å²) in [5.41, 5.74) is 21.1. The number of fused-ring (bicyclic) bond motifs is 6. The first-order chi connectivity index (χ1) is 28.3. The Labute approximate surface area is 340 Å². The number of hydrogen-bond donors (Lipinski definition) is 0. The van der Waals surface area contributed by atoms with Gasteiger partial charge in [-0.15, -0.1) is 0 Å². The Morgan fingerprint density at radius 1 is 0.276 bits per heavy atom. The van der Waals surface area contributed by atoms with Crippen molar-refractivity contribution in [2.45, 2.75) is 38.5 Å². The van der Waals surface area contributed by atoms with Gasteiger partial charge in [0.05, 0.1) is 0 Å². The predicted octanol–water partition coefficient (Wildman–Crippen LogP) is 15.9. The molecular weight excluding hydrogens is 697 g/mol. The first-order valence-electron chi connectivity index (χ1n) is 20.7. The molecule has 0 unspecified atom stereocenters. The van der Waals surface area contributed by atoms with E-state index in [9.17, 15) is 0 Å². The van der Waals surface area contributed by atoms with Gasteiger partial charge in [0.2, 0.25) is 0 Å². The van der Waals surface area contributed by atoms with Gasteiger partial charge in [0.15, 0.2) is 0 Å². The molecule has 0 fully saturated rings. The highest BCUT2D eigenvalue weighted by molar-refractivity contribution is 6.27. The molecule has 0 saturated heterocycles. The van der Waals surface area contributed by atoms with Gasteiger partial charge in [0, 0.05) is 10.8 Å². The first kappa shape index (κ1) is 33.4. The summed E-state index contributed by atoms with van der Waals surface area (Å²) in [6.45, 7) is 9.52. The SMILES string of the molecule is CC1(C)c2ccccc2-c2cccc(-c3cccc(-c4ccc5ccc6c(-c7cccc(-c8cccc9c8C(C)(C)c8ccccc8-9)c7)ccc7ccc4c5c76)c3)c21. The molecule has 2 aliphatic rings. The molecule has 0 nitrogen and oxygen atoms in total. The first-order valence-corrected chi connectivity index (χ1v) is 20.7. The highest BCUT2D eigenvalue weighted by Crippen LogP contribution is 2.54. The van der Waals surface area contributed by atoms with Crippen LogP contribution in [0.4, 0.5) is 0 Å². The molecule has 58 heavy (non-hydrogen) atoms. The molecule has 0 bridgehead atoms. The summed E-state index contributed by atoms with van der Waals surface area (Å²) in [6.07, 6.45) is 0. The highest BCUT2D eigenvalue weighted by Gasteiger charge is 2.38. The second kappa shape index (κ2) is 11.9. The summed E-state index contributed by atoms with van der Waals surface area (Å²) >= 11 is 0. The Balaban J connectivity index is 0.992. The van der Waals surface area contributed by atoms with E-state index in [4.69, 9.17) is 0 Å². The van der Waals surface area contributed by atoms with Crippen LogP contribution in [0.25, 0.3) is 99.1 Å². The van der Waals surface area contributed by atoms with E-state index in [0.29, 0.717) is 0 Å². The molecule has 0 heteroatoms. The fourth-order valence-corrected chi connectivity index (χ4v) is 11.2. The average molecular weight is 739 g/mol. The molecule has 0 aromatic heterocycles.